The molecule has 0 spiro atoms. The minimum absolute atomic E-state index is 0.277. The lowest BCUT2D eigenvalue weighted by Crippen LogP contribution is -2.31. The van der Waals surface area contributed by atoms with Crippen LogP contribution in [0.4, 0.5) is 0 Å². The van der Waals surface area contributed by atoms with Crippen LogP contribution in [0.5, 0.6) is 0 Å². The predicted octanol–water partition coefficient (Wildman–Crippen LogP) is 2.73. The van der Waals surface area contributed by atoms with Crippen LogP contribution in [0.2, 0.25) is 0 Å². The second-order valence-electron chi connectivity index (χ2n) is 4.42. The summed E-state index contributed by atoms with van der Waals surface area (Å²) in [5.41, 5.74) is 2.13. The number of rotatable bonds is 4. The molecule has 1 aliphatic rings. The number of hydrogen-bond donors (Lipinski definition) is 1. The molecule has 6 heteroatoms. The molecule has 0 aliphatic carbocycles. The molecule has 2 rings (SSSR count). The maximum absolute atomic E-state index is 10.4. The molecule has 102 valence electrons. The van der Waals surface area contributed by atoms with Gasteiger partial charge in [0.1, 0.15) is 0 Å². The Balaban J connectivity index is 2.08. The molecule has 1 N–H and O–H groups in total. The normalized spacial score (nSPS) is 22.1. The average Bonchev–Trinajstić information content (AvgIpc) is 2.67. The van der Waals surface area contributed by atoms with Crippen molar-refractivity contribution in [2.75, 3.05) is 17.3 Å². The number of halogens is 1. The summed E-state index contributed by atoms with van der Waals surface area (Å²) < 4.78 is 3.04. The summed E-state index contributed by atoms with van der Waals surface area (Å²) >= 11 is 7.44. The number of aliphatic hydroxyl groups excluding tert-OH is 1. The van der Waals surface area contributed by atoms with Crippen molar-refractivity contribution in [1.29, 1.82) is 0 Å². The van der Waals surface area contributed by atoms with Crippen LogP contribution < -0.4 is 0 Å². The summed E-state index contributed by atoms with van der Waals surface area (Å²) in [5.74, 6) is 3.42. The molecule has 18 heavy (non-hydrogen) atoms. The minimum atomic E-state index is -0.277. The Kier molecular flexibility index (Phi) is 5.47. The van der Waals surface area contributed by atoms with E-state index in [-0.39, 0.29) is 6.10 Å². The first-order valence-corrected chi connectivity index (χ1v) is 9.22. The molecular formula is C12H19BrN2OS2. The van der Waals surface area contributed by atoms with Gasteiger partial charge in [-0.2, -0.15) is 28.6 Å². The van der Waals surface area contributed by atoms with Crippen molar-refractivity contribution in [2.24, 2.45) is 0 Å². The topological polar surface area (TPSA) is 38.0 Å². The smallest absolute Gasteiger partial charge is 0.0738 e. The lowest BCUT2D eigenvalue weighted by atomic mass is 10.1. The number of hydrogen-bond acceptors (Lipinski definition) is 4. The first-order chi connectivity index (χ1) is 8.63. The molecule has 1 aliphatic heterocycles. The van der Waals surface area contributed by atoms with Gasteiger partial charge in [-0.05, 0) is 29.8 Å². The first kappa shape index (κ1) is 14.8. The van der Waals surface area contributed by atoms with Crippen molar-refractivity contribution in [3.05, 3.63) is 15.9 Å². The summed E-state index contributed by atoms with van der Waals surface area (Å²) in [5, 5.41) is 15.2. The van der Waals surface area contributed by atoms with Crippen LogP contribution in [-0.4, -0.2) is 43.5 Å². The Hall–Kier alpha value is 0.350. The highest BCUT2D eigenvalue weighted by Crippen LogP contribution is 2.29. The molecule has 1 aromatic rings. The largest absolute Gasteiger partial charge is 0.392 e. The molecule has 0 saturated carbocycles. The van der Waals surface area contributed by atoms with Gasteiger partial charge in [0.2, 0.25) is 0 Å². The highest BCUT2D eigenvalue weighted by Gasteiger charge is 2.25. The van der Waals surface area contributed by atoms with Crippen LogP contribution in [-0.2, 0) is 13.0 Å². The molecule has 2 unspecified atom stereocenters. The maximum Gasteiger partial charge on any atom is 0.0738 e. The van der Waals surface area contributed by atoms with E-state index in [1.54, 1.807) is 0 Å². The number of nitrogens with zero attached hydrogens (tertiary/aromatic N) is 2. The van der Waals surface area contributed by atoms with Crippen LogP contribution in [0.1, 0.15) is 18.3 Å². The van der Waals surface area contributed by atoms with E-state index in [0.29, 0.717) is 11.7 Å². The van der Waals surface area contributed by atoms with Crippen LogP contribution in [0.15, 0.2) is 4.47 Å². The molecule has 1 saturated heterocycles. The molecule has 0 radical (unpaired) electrons. The highest BCUT2D eigenvalue weighted by atomic mass is 79.9. The van der Waals surface area contributed by atoms with Crippen molar-refractivity contribution >= 4 is 39.5 Å². The van der Waals surface area contributed by atoms with Crippen LogP contribution in [0.25, 0.3) is 0 Å². The van der Waals surface area contributed by atoms with E-state index < -0.39 is 0 Å². The van der Waals surface area contributed by atoms with Crippen LogP contribution in [0, 0.1) is 6.92 Å². The molecule has 1 fully saturated rings. The van der Waals surface area contributed by atoms with Gasteiger partial charge in [0.25, 0.3) is 0 Å². The standard InChI is InChI=1S/C12H19BrN2OS2/c1-3-15-9(12(13)8(2)14-15)6-10(16)11-7-17-4-5-18-11/h10-11,16H,3-7H2,1-2H3. The van der Waals surface area contributed by atoms with E-state index >= 15 is 0 Å². The van der Waals surface area contributed by atoms with Gasteiger partial charge in [-0.25, -0.2) is 0 Å². The Labute approximate surface area is 125 Å². The fourth-order valence-corrected chi connectivity index (χ4v) is 5.34. The van der Waals surface area contributed by atoms with Gasteiger partial charge in [0.05, 0.1) is 22.0 Å². The summed E-state index contributed by atoms with van der Waals surface area (Å²) in [6, 6.07) is 0. The fraction of sp³-hybridized carbons (Fsp3) is 0.750. The SMILES string of the molecule is CCn1nc(C)c(Br)c1CC(O)C1CSCCS1. The molecule has 0 bridgehead atoms. The van der Waals surface area contributed by atoms with Crippen molar-refractivity contribution in [2.45, 2.75) is 38.2 Å². The van der Waals surface area contributed by atoms with Crippen molar-refractivity contribution in [1.82, 2.24) is 9.78 Å². The second kappa shape index (κ2) is 6.68. The maximum atomic E-state index is 10.4. The lowest BCUT2D eigenvalue weighted by molar-refractivity contribution is 0.174. The van der Waals surface area contributed by atoms with Gasteiger partial charge in [-0.3, -0.25) is 4.68 Å². The zero-order valence-corrected chi connectivity index (χ0v) is 13.9. The molecule has 0 aromatic carbocycles. The molecule has 3 nitrogen and oxygen atoms in total. The molecule has 2 atom stereocenters. The van der Waals surface area contributed by atoms with E-state index in [4.69, 9.17) is 0 Å². The number of aryl methyl sites for hydroxylation is 2. The molecule has 1 aromatic heterocycles. The van der Waals surface area contributed by atoms with Gasteiger partial charge >= 0.3 is 0 Å². The lowest BCUT2D eigenvalue weighted by Gasteiger charge is -2.26. The molecule has 0 amide bonds. The Morgan fingerprint density at radius 2 is 2.33 bits per heavy atom. The summed E-state index contributed by atoms with van der Waals surface area (Å²) in [4.78, 5) is 0. The number of aromatic nitrogens is 2. The Morgan fingerprint density at radius 1 is 1.56 bits per heavy atom. The van der Waals surface area contributed by atoms with Crippen LogP contribution in [0.3, 0.4) is 0 Å². The van der Waals surface area contributed by atoms with E-state index in [2.05, 4.69) is 28.0 Å². The van der Waals surface area contributed by atoms with E-state index in [1.165, 1.54) is 5.75 Å². The third-order valence-electron chi connectivity index (χ3n) is 3.13. The Morgan fingerprint density at radius 3 is 2.94 bits per heavy atom. The highest BCUT2D eigenvalue weighted by molar-refractivity contribution is 9.10. The second-order valence-corrected chi connectivity index (χ2v) is 7.71. The molecular weight excluding hydrogens is 332 g/mol. The van der Waals surface area contributed by atoms with Gasteiger partial charge in [0.15, 0.2) is 0 Å². The summed E-state index contributed by atoms with van der Waals surface area (Å²) in [7, 11) is 0. The third kappa shape index (κ3) is 3.26. The monoisotopic (exact) mass is 350 g/mol. The average molecular weight is 351 g/mol. The van der Waals surface area contributed by atoms with Crippen LogP contribution >= 0.6 is 39.5 Å². The third-order valence-corrected chi connectivity index (χ3v) is 7.06. The number of thioether (sulfide) groups is 2. The Bertz CT molecular complexity index is 405. The van der Waals surface area contributed by atoms with E-state index in [9.17, 15) is 5.11 Å². The van der Waals surface area contributed by atoms with Crippen molar-refractivity contribution in [3.63, 3.8) is 0 Å². The summed E-state index contributed by atoms with van der Waals surface area (Å²) in [6.45, 7) is 4.93. The van der Waals surface area contributed by atoms with E-state index in [1.807, 2.05) is 35.1 Å². The first-order valence-electron chi connectivity index (χ1n) is 6.22. The minimum Gasteiger partial charge on any atom is -0.392 e. The van der Waals surface area contributed by atoms with Crippen molar-refractivity contribution < 1.29 is 5.11 Å². The summed E-state index contributed by atoms with van der Waals surface area (Å²) in [6.07, 6.45) is 0.411. The fourth-order valence-electron chi connectivity index (χ4n) is 2.12. The van der Waals surface area contributed by atoms with Crippen molar-refractivity contribution in [3.8, 4) is 0 Å². The molecule has 2 heterocycles. The van der Waals surface area contributed by atoms with Gasteiger partial charge in [-0.15, -0.1) is 0 Å². The van der Waals surface area contributed by atoms with Gasteiger partial charge in [0, 0.05) is 35.5 Å². The van der Waals surface area contributed by atoms with Gasteiger partial charge in [-0.1, -0.05) is 0 Å². The predicted molar refractivity (Wildman–Crippen MR) is 83.6 cm³/mol. The number of aliphatic hydroxyl groups is 1. The zero-order chi connectivity index (χ0) is 13.1. The zero-order valence-electron chi connectivity index (χ0n) is 10.7. The quantitative estimate of drug-likeness (QED) is 0.905. The van der Waals surface area contributed by atoms with E-state index in [0.717, 1.165) is 33.9 Å². The van der Waals surface area contributed by atoms with Gasteiger partial charge < -0.3 is 5.11 Å².